The van der Waals surface area contributed by atoms with Crippen molar-refractivity contribution in [1.29, 1.82) is 5.26 Å². The number of fused-ring (bicyclic) bond motifs is 1. The van der Waals surface area contributed by atoms with E-state index in [4.69, 9.17) is 10.5 Å². The standard InChI is InChI=1S/C28H25FN6O3/c1-4-22(36)34-19-8-5-16(6-9-19)25-23(24-26(35(25)2)18(14-30)15-33-27(24)31)17-7-10-20(21(13-17)38-3)28(37)32-12-11-29/h4-10,13,15H,1,11-12H2,2-3H3,(H2,31,33)(H,32,37)(H,34,36). The highest BCUT2D eigenvalue weighted by atomic mass is 19.1. The summed E-state index contributed by atoms with van der Waals surface area (Å²) in [6, 6.07) is 14.4. The third-order valence-electron chi connectivity index (χ3n) is 6.09. The van der Waals surface area contributed by atoms with Crippen LogP contribution < -0.4 is 21.1 Å². The maximum atomic E-state index is 12.6. The molecule has 0 bridgehead atoms. The second kappa shape index (κ2) is 10.8. The molecule has 192 valence electrons. The normalized spacial score (nSPS) is 10.6. The zero-order valence-corrected chi connectivity index (χ0v) is 20.8. The van der Waals surface area contributed by atoms with Gasteiger partial charge in [0.05, 0.1) is 34.8 Å². The van der Waals surface area contributed by atoms with Gasteiger partial charge in [-0.2, -0.15) is 5.26 Å². The van der Waals surface area contributed by atoms with Crippen LogP contribution in [0.5, 0.6) is 5.75 Å². The summed E-state index contributed by atoms with van der Waals surface area (Å²) >= 11 is 0. The van der Waals surface area contributed by atoms with E-state index in [0.29, 0.717) is 33.3 Å². The number of benzene rings is 2. The first kappa shape index (κ1) is 25.9. The summed E-state index contributed by atoms with van der Waals surface area (Å²) in [4.78, 5) is 28.5. The van der Waals surface area contributed by atoms with E-state index in [1.54, 1.807) is 30.3 Å². The van der Waals surface area contributed by atoms with Gasteiger partial charge in [-0.1, -0.05) is 24.8 Å². The number of nitrogens with zero attached hydrogens (tertiary/aromatic N) is 3. The zero-order valence-electron chi connectivity index (χ0n) is 20.8. The summed E-state index contributed by atoms with van der Waals surface area (Å²) < 4.78 is 20.0. The molecule has 0 unspecified atom stereocenters. The average Bonchev–Trinajstić information content (AvgIpc) is 3.25. The van der Waals surface area contributed by atoms with Gasteiger partial charge in [0.25, 0.3) is 5.91 Å². The molecule has 0 saturated carbocycles. The van der Waals surface area contributed by atoms with Gasteiger partial charge in [-0.15, -0.1) is 0 Å². The Morgan fingerprint density at radius 1 is 1.24 bits per heavy atom. The first-order valence-corrected chi connectivity index (χ1v) is 11.6. The Bertz CT molecular complexity index is 1600. The van der Waals surface area contributed by atoms with Gasteiger partial charge < -0.3 is 25.7 Å². The van der Waals surface area contributed by atoms with Crippen molar-refractivity contribution < 1.29 is 18.7 Å². The van der Waals surface area contributed by atoms with Crippen LogP contribution in [0, 0.1) is 11.3 Å². The van der Waals surface area contributed by atoms with E-state index in [-0.39, 0.29) is 29.6 Å². The lowest BCUT2D eigenvalue weighted by molar-refractivity contribution is -0.111. The number of hydrogen-bond acceptors (Lipinski definition) is 6. The van der Waals surface area contributed by atoms with Crippen LogP contribution in [0.4, 0.5) is 15.9 Å². The molecule has 0 aliphatic carbocycles. The summed E-state index contributed by atoms with van der Waals surface area (Å²) in [6.07, 6.45) is 2.61. The second-order valence-corrected chi connectivity index (χ2v) is 8.31. The van der Waals surface area contributed by atoms with E-state index in [1.165, 1.54) is 19.4 Å². The van der Waals surface area contributed by atoms with Gasteiger partial charge in [-0.05, 0) is 41.5 Å². The van der Waals surface area contributed by atoms with Gasteiger partial charge in [0.1, 0.15) is 24.3 Å². The number of pyridine rings is 1. The minimum atomic E-state index is -0.685. The molecule has 10 heteroatoms. The molecule has 0 radical (unpaired) electrons. The van der Waals surface area contributed by atoms with Crippen molar-refractivity contribution in [2.75, 3.05) is 31.4 Å². The third kappa shape index (κ3) is 4.65. The summed E-state index contributed by atoms with van der Waals surface area (Å²) in [5.74, 6) is -0.278. The van der Waals surface area contributed by atoms with Crippen molar-refractivity contribution in [2.24, 2.45) is 7.05 Å². The number of alkyl halides is 1. The molecule has 0 spiro atoms. The first-order chi connectivity index (χ1) is 18.3. The van der Waals surface area contributed by atoms with Crippen molar-refractivity contribution in [1.82, 2.24) is 14.9 Å². The first-order valence-electron chi connectivity index (χ1n) is 11.6. The number of carbonyl (C=O) groups excluding carboxylic acids is 2. The predicted molar refractivity (Wildman–Crippen MR) is 144 cm³/mol. The fraction of sp³-hybridized carbons (Fsp3) is 0.143. The van der Waals surface area contributed by atoms with Crippen molar-refractivity contribution in [2.45, 2.75) is 0 Å². The molecule has 0 aliphatic heterocycles. The lowest BCUT2D eigenvalue weighted by atomic mass is 9.96. The largest absolute Gasteiger partial charge is 0.496 e. The van der Waals surface area contributed by atoms with Gasteiger partial charge in [0.2, 0.25) is 5.91 Å². The highest BCUT2D eigenvalue weighted by Gasteiger charge is 2.24. The van der Waals surface area contributed by atoms with Gasteiger partial charge in [-0.3, -0.25) is 9.59 Å². The monoisotopic (exact) mass is 512 g/mol. The Morgan fingerprint density at radius 3 is 2.58 bits per heavy atom. The molecule has 0 fully saturated rings. The number of nitrogens with one attached hydrogen (secondary N) is 2. The van der Waals surface area contributed by atoms with Gasteiger partial charge in [-0.25, -0.2) is 9.37 Å². The van der Waals surface area contributed by atoms with Crippen molar-refractivity contribution >= 4 is 34.2 Å². The molecule has 4 N–H and O–H groups in total. The Kier molecular flexibility index (Phi) is 7.39. The summed E-state index contributed by atoms with van der Waals surface area (Å²) in [6.45, 7) is 2.66. The van der Waals surface area contributed by atoms with E-state index >= 15 is 0 Å². The molecule has 2 aromatic carbocycles. The molecular weight excluding hydrogens is 487 g/mol. The minimum Gasteiger partial charge on any atom is -0.496 e. The summed E-state index contributed by atoms with van der Waals surface area (Å²) in [7, 11) is 3.26. The average molecular weight is 513 g/mol. The molecule has 9 nitrogen and oxygen atoms in total. The fourth-order valence-electron chi connectivity index (χ4n) is 4.40. The number of rotatable bonds is 8. The second-order valence-electron chi connectivity index (χ2n) is 8.31. The number of carbonyl (C=O) groups is 2. The molecule has 4 aromatic rings. The van der Waals surface area contributed by atoms with Gasteiger partial charge in [0, 0.05) is 31.0 Å². The molecule has 2 amide bonds. The van der Waals surface area contributed by atoms with Crippen LogP contribution in [-0.4, -0.2) is 41.7 Å². The van der Waals surface area contributed by atoms with E-state index in [2.05, 4.69) is 28.3 Å². The van der Waals surface area contributed by atoms with Crippen LogP contribution >= 0.6 is 0 Å². The number of ether oxygens (including phenoxy) is 1. The van der Waals surface area contributed by atoms with Crippen LogP contribution in [0.3, 0.4) is 0 Å². The van der Waals surface area contributed by atoms with Gasteiger partial charge >= 0.3 is 0 Å². The number of nitriles is 1. The van der Waals surface area contributed by atoms with Crippen LogP contribution in [0.15, 0.2) is 61.3 Å². The smallest absolute Gasteiger partial charge is 0.255 e. The van der Waals surface area contributed by atoms with E-state index in [9.17, 15) is 19.2 Å². The number of hydrogen-bond donors (Lipinski definition) is 3. The number of aryl methyl sites for hydroxylation is 1. The van der Waals surface area contributed by atoms with E-state index in [1.807, 2.05) is 23.7 Å². The number of methoxy groups -OCH3 is 1. The summed E-state index contributed by atoms with van der Waals surface area (Å²) in [5, 5.41) is 15.6. The van der Waals surface area contributed by atoms with Crippen LogP contribution in [-0.2, 0) is 11.8 Å². The van der Waals surface area contributed by atoms with Gasteiger partial charge in [0.15, 0.2) is 0 Å². The molecule has 2 heterocycles. The Labute approximate surface area is 218 Å². The minimum absolute atomic E-state index is 0.112. The quantitative estimate of drug-likeness (QED) is 0.303. The fourth-order valence-corrected chi connectivity index (χ4v) is 4.40. The number of aromatic nitrogens is 2. The van der Waals surface area contributed by atoms with Crippen LogP contribution in [0.25, 0.3) is 33.3 Å². The maximum absolute atomic E-state index is 12.6. The maximum Gasteiger partial charge on any atom is 0.255 e. The van der Waals surface area contributed by atoms with Crippen molar-refractivity contribution in [3.8, 4) is 34.2 Å². The number of nitrogens with two attached hydrogens (primary N) is 1. The van der Waals surface area contributed by atoms with E-state index < -0.39 is 12.6 Å². The molecule has 2 aromatic heterocycles. The molecule has 0 atom stereocenters. The SMILES string of the molecule is C=CC(=O)Nc1ccc(-c2c(-c3ccc(C(=O)NCCF)c(OC)c3)c3c(N)ncc(C#N)c3n2C)cc1. The Hall–Kier alpha value is -5.17. The van der Waals surface area contributed by atoms with Crippen LogP contribution in [0.1, 0.15) is 15.9 Å². The third-order valence-corrected chi connectivity index (χ3v) is 6.09. The lowest BCUT2D eigenvalue weighted by Gasteiger charge is -2.13. The lowest BCUT2D eigenvalue weighted by Crippen LogP contribution is -2.25. The Morgan fingerprint density at radius 2 is 1.95 bits per heavy atom. The number of amides is 2. The zero-order chi connectivity index (χ0) is 27.4. The Balaban J connectivity index is 1.97. The van der Waals surface area contributed by atoms with Crippen molar-refractivity contribution in [3.05, 3.63) is 72.4 Å². The van der Waals surface area contributed by atoms with Crippen LogP contribution in [0.2, 0.25) is 0 Å². The molecule has 4 rings (SSSR count). The summed E-state index contributed by atoms with van der Waals surface area (Å²) in [5.41, 5.74) is 11.0. The molecule has 38 heavy (non-hydrogen) atoms. The molecular formula is C28H25FN6O3. The number of nitrogen functional groups attached to an aromatic ring is 1. The highest BCUT2D eigenvalue weighted by molar-refractivity contribution is 6.11. The predicted octanol–water partition coefficient (Wildman–Crippen LogP) is 4.19. The highest BCUT2D eigenvalue weighted by Crippen LogP contribution is 2.44. The molecule has 0 saturated heterocycles. The topological polar surface area (TPSA) is 135 Å². The number of halogens is 1. The number of anilines is 2. The van der Waals surface area contributed by atoms with E-state index in [0.717, 1.165) is 11.3 Å². The molecule has 0 aliphatic rings. The van der Waals surface area contributed by atoms with Crippen molar-refractivity contribution in [3.63, 3.8) is 0 Å².